The van der Waals surface area contributed by atoms with Gasteiger partial charge in [0.15, 0.2) is 0 Å². The molecule has 0 amide bonds. The molecule has 1 aromatic heterocycles. The van der Waals surface area contributed by atoms with E-state index in [0.29, 0.717) is 5.69 Å². The van der Waals surface area contributed by atoms with Crippen molar-refractivity contribution in [2.75, 3.05) is 0 Å². The van der Waals surface area contributed by atoms with Gasteiger partial charge >= 0.3 is 0 Å². The molecule has 0 spiro atoms. The molecule has 1 heterocycles. The fourth-order valence-corrected chi connectivity index (χ4v) is 0.945. The van der Waals surface area contributed by atoms with E-state index in [0.717, 1.165) is 12.6 Å². The van der Waals surface area contributed by atoms with Crippen LogP contribution in [0.2, 0.25) is 0 Å². The fourth-order valence-electron chi connectivity index (χ4n) is 0.945. The lowest BCUT2D eigenvalue weighted by Gasteiger charge is -2.03. The maximum atomic E-state index is 10.5. The molecule has 0 aromatic carbocycles. The Kier molecular flexibility index (Phi) is 3.14. The first-order chi connectivity index (χ1) is 5.88. The third kappa shape index (κ3) is 1.99. The van der Waals surface area contributed by atoms with Crippen molar-refractivity contribution in [3.05, 3.63) is 30.1 Å². The lowest BCUT2D eigenvalue weighted by molar-refractivity contribution is -0.113. The third-order valence-corrected chi connectivity index (χ3v) is 1.58. The average molecular weight is 163 g/mol. The summed E-state index contributed by atoms with van der Waals surface area (Å²) in [6.45, 7) is 0. The van der Waals surface area contributed by atoms with Gasteiger partial charge in [0.2, 0.25) is 0 Å². The lowest BCUT2D eigenvalue weighted by Crippen LogP contribution is -2.02. The summed E-state index contributed by atoms with van der Waals surface area (Å²) < 4.78 is 0. The van der Waals surface area contributed by atoms with E-state index in [1.165, 1.54) is 0 Å². The molecule has 3 heteroatoms. The summed E-state index contributed by atoms with van der Waals surface area (Å²) in [5.41, 5.74) is 0.652. The number of rotatable bonds is 4. The second kappa shape index (κ2) is 4.38. The number of pyridine rings is 1. The predicted octanol–water partition coefficient (Wildman–Crippen LogP) is 0.953. The van der Waals surface area contributed by atoms with Gasteiger partial charge in [0, 0.05) is 12.6 Å². The monoisotopic (exact) mass is 163 g/mol. The van der Waals surface area contributed by atoms with E-state index in [1.54, 1.807) is 24.4 Å². The van der Waals surface area contributed by atoms with Crippen molar-refractivity contribution in [3.8, 4) is 0 Å². The molecule has 0 aliphatic heterocycles. The Hall–Kier alpha value is -1.51. The zero-order valence-electron chi connectivity index (χ0n) is 6.51. The van der Waals surface area contributed by atoms with Crippen LogP contribution in [-0.2, 0) is 9.59 Å². The second-order valence-electron chi connectivity index (χ2n) is 2.40. The Bertz CT molecular complexity index is 258. The molecule has 0 saturated heterocycles. The fraction of sp³-hybridized carbons (Fsp3) is 0.222. The minimum atomic E-state index is -0.385. The number of aromatic nitrogens is 1. The summed E-state index contributed by atoms with van der Waals surface area (Å²) >= 11 is 0. The molecular formula is C9H9NO2. The standard InChI is InChI=1S/C9H9NO2/c11-6-4-8(7-12)9-3-1-2-5-10-9/h1-3,5-8H,4H2. The van der Waals surface area contributed by atoms with E-state index in [1.807, 2.05) is 0 Å². The normalized spacial score (nSPS) is 12.0. The van der Waals surface area contributed by atoms with Crippen LogP contribution in [0.15, 0.2) is 24.4 Å². The number of nitrogens with zero attached hydrogens (tertiary/aromatic N) is 1. The summed E-state index contributed by atoms with van der Waals surface area (Å²) in [4.78, 5) is 24.6. The van der Waals surface area contributed by atoms with Crippen LogP contribution in [0.4, 0.5) is 0 Å². The number of hydrogen-bond acceptors (Lipinski definition) is 3. The maximum Gasteiger partial charge on any atom is 0.129 e. The van der Waals surface area contributed by atoms with Crippen LogP contribution in [0.25, 0.3) is 0 Å². The van der Waals surface area contributed by atoms with Crippen molar-refractivity contribution < 1.29 is 9.59 Å². The first-order valence-corrected chi connectivity index (χ1v) is 3.68. The van der Waals surface area contributed by atoms with Gasteiger partial charge in [0.05, 0.1) is 11.6 Å². The molecular weight excluding hydrogens is 154 g/mol. The largest absolute Gasteiger partial charge is 0.303 e. The van der Waals surface area contributed by atoms with Crippen molar-refractivity contribution in [2.45, 2.75) is 12.3 Å². The van der Waals surface area contributed by atoms with Crippen LogP contribution in [0.5, 0.6) is 0 Å². The van der Waals surface area contributed by atoms with E-state index >= 15 is 0 Å². The van der Waals surface area contributed by atoms with Crippen LogP contribution >= 0.6 is 0 Å². The molecule has 0 saturated carbocycles. The Morgan fingerprint density at radius 2 is 2.25 bits per heavy atom. The molecule has 0 fully saturated rings. The first-order valence-electron chi connectivity index (χ1n) is 3.68. The highest BCUT2D eigenvalue weighted by atomic mass is 16.1. The molecule has 12 heavy (non-hydrogen) atoms. The molecule has 0 bridgehead atoms. The zero-order chi connectivity index (χ0) is 8.81. The number of carbonyl (C=O) groups excluding carboxylic acids is 2. The van der Waals surface area contributed by atoms with E-state index < -0.39 is 0 Å². The van der Waals surface area contributed by atoms with Gasteiger partial charge in [0.25, 0.3) is 0 Å². The smallest absolute Gasteiger partial charge is 0.129 e. The number of carbonyl (C=O) groups is 2. The van der Waals surface area contributed by atoms with Crippen molar-refractivity contribution in [1.82, 2.24) is 4.98 Å². The van der Waals surface area contributed by atoms with Gasteiger partial charge in [-0.15, -0.1) is 0 Å². The highest BCUT2D eigenvalue weighted by Gasteiger charge is 2.09. The number of hydrogen-bond donors (Lipinski definition) is 0. The highest BCUT2D eigenvalue weighted by molar-refractivity contribution is 5.67. The molecule has 1 rings (SSSR count). The van der Waals surface area contributed by atoms with Gasteiger partial charge in [-0.3, -0.25) is 4.98 Å². The quantitative estimate of drug-likeness (QED) is 0.621. The molecule has 0 N–H and O–H groups in total. The van der Waals surface area contributed by atoms with E-state index in [2.05, 4.69) is 4.98 Å². The summed E-state index contributed by atoms with van der Waals surface area (Å²) in [5, 5.41) is 0. The van der Waals surface area contributed by atoms with Crippen molar-refractivity contribution in [3.63, 3.8) is 0 Å². The highest BCUT2D eigenvalue weighted by Crippen LogP contribution is 2.11. The molecule has 3 nitrogen and oxygen atoms in total. The second-order valence-corrected chi connectivity index (χ2v) is 2.40. The Balaban J connectivity index is 2.79. The van der Waals surface area contributed by atoms with E-state index in [9.17, 15) is 9.59 Å². The Morgan fingerprint density at radius 1 is 1.42 bits per heavy atom. The minimum Gasteiger partial charge on any atom is -0.303 e. The average Bonchev–Trinajstić information content (AvgIpc) is 2.15. The number of aldehydes is 2. The molecule has 1 aromatic rings. The van der Waals surface area contributed by atoms with Crippen LogP contribution < -0.4 is 0 Å². The van der Waals surface area contributed by atoms with E-state index in [4.69, 9.17) is 0 Å². The van der Waals surface area contributed by atoms with Gasteiger partial charge in [-0.05, 0) is 12.1 Å². The summed E-state index contributed by atoms with van der Waals surface area (Å²) in [6, 6.07) is 5.30. The van der Waals surface area contributed by atoms with Gasteiger partial charge in [0.1, 0.15) is 12.6 Å². The molecule has 0 aliphatic rings. The minimum absolute atomic E-state index is 0.209. The maximum absolute atomic E-state index is 10.5. The summed E-state index contributed by atoms with van der Waals surface area (Å²) in [6.07, 6.45) is 3.29. The first kappa shape index (κ1) is 8.59. The van der Waals surface area contributed by atoms with Crippen LogP contribution in [0.3, 0.4) is 0 Å². The molecule has 0 radical (unpaired) electrons. The Labute approximate surface area is 70.4 Å². The predicted molar refractivity (Wildman–Crippen MR) is 43.7 cm³/mol. The molecule has 0 aliphatic carbocycles. The van der Waals surface area contributed by atoms with E-state index in [-0.39, 0.29) is 12.3 Å². The Morgan fingerprint density at radius 3 is 2.75 bits per heavy atom. The molecule has 1 atom stereocenters. The zero-order valence-corrected chi connectivity index (χ0v) is 6.51. The molecule has 62 valence electrons. The SMILES string of the molecule is O=CCC(C=O)c1ccccn1. The van der Waals surface area contributed by atoms with Gasteiger partial charge < -0.3 is 9.59 Å². The van der Waals surface area contributed by atoms with Crippen molar-refractivity contribution >= 4 is 12.6 Å². The summed E-state index contributed by atoms with van der Waals surface area (Å²) in [5.74, 6) is -0.385. The molecule has 1 unspecified atom stereocenters. The topological polar surface area (TPSA) is 47.0 Å². The third-order valence-electron chi connectivity index (χ3n) is 1.58. The van der Waals surface area contributed by atoms with Gasteiger partial charge in [-0.25, -0.2) is 0 Å². The van der Waals surface area contributed by atoms with Gasteiger partial charge in [-0.1, -0.05) is 6.07 Å². The van der Waals surface area contributed by atoms with Crippen molar-refractivity contribution in [2.24, 2.45) is 0 Å². The van der Waals surface area contributed by atoms with Crippen LogP contribution in [-0.4, -0.2) is 17.6 Å². The summed E-state index contributed by atoms with van der Waals surface area (Å²) in [7, 11) is 0. The van der Waals surface area contributed by atoms with Crippen LogP contribution in [0.1, 0.15) is 18.0 Å². The lowest BCUT2D eigenvalue weighted by atomic mass is 10.0. The van der Waals surface area contributed by atoms with Crippen LogP contribution in [0, 0.1) is 0 Å². The van der Waals surface area contributed by atoms with Crippen molar-refractivity contribution in [1.29, 1.82) is 0 Å². The van der Waals surface area contributed by atoms with Gasteiger partial charge in [-0.2, -0.15) is 0 Å².